The van der Waals surface area contributed by atoms with Crippen molar-refractivity contribution in [2.45, 2.75) is 29.9 Å². The molecule has 0 aliphatic heterocycles. The molecule has 0 aliphatic carbocycles. The summed E-state index contributed by atoms with van der Waals surface area (Å²) in [5.74, 6) is -2.41. The van der Waals surface area contributed by atoms with E-state index in [4.69, 9.17) is 5.26 Å². The molecule has 0 atom stereocenters. The van der Waals surface area contributed by atoms with E-state index in [1.54, 1.807) is 18.2 Å². The van der Waals surface area contributed by atoms with Crippen LogP contribution in [0.4, 0.5) is 14.5 Å². The second-order valence-electron chi connectivity index (χ2n) is 3.42. The van der Waals surface area contributed by atoms with Gasteiger partial charge >= 0.3 is 0 Å². The number of nitriles is 1. The summed E-state index contributed by atoms with van der Waals surface area (Å²) in [5.41, 5.74) is 0.731. The first-order valence-electron chi connectivity index (χ1n) is 5.38. The molecule has 0 heterocycles. The van der Waals surface area contributed by atoms with E-state index >= 15 is 0 Å². The highest BCUT2D eigenvalue weighted by atomic mass is 32.2. The molecule has 0 spiro atoms. The minimum atomic E-state index is -2.41. The molecule has 0 amide bonds. The van der Waals surface area contributed by atoms with E-state index in [2.05, 4.69) is 11.4 Å². The lowest BCUT2D eigenvalue weighted by atomic mass is 10.2. The van der Waals surface area contributed by atoms with E-state index in [1.807, 2.05) is 6.07 Å². The lowest BCUT2D eigenvalue weighted by Crippen LogP contribution is -2.02. The van der Waals surface area contributed by atoms with Crippen LogP contribution in [-0.2, 0) is 0 Å². The van der Waals surface area contributed by atoms with Crippen LogP contribution < -0.4 is 5.32 Å². The van der Waals surface area contributed by atoms with Gasteiger partial charge in [-0.3, -0.25) is 0 Å². The Hall–Kier alpha value is -1.28. The van der Waals surface area contributed by atoms with Crippen molar-refractivity contribution < 1.29 is 8.78 Å². The molecule has 1 rings (SSSR count). The van der Waals surface area contributed by atoms with Gasteiger partial charge in [-0.2, -0.15) is 14.0 Å². The standard InChI is InChI=1S/C12H14F2N2S/c13-12(14)17-11-7-3-2-6-10(11)16-9-5-1-4-8-15/h2-3,6-7,12,16H,1,4-5,9H2. The molecule has 1 N–H and O–H groups in total. The quantitative estimate of drug-likeness (QED) is 0.589. The number of alkyl halides is 2. The summed E-state index contributed by atoms with van der Waals surface area (Å²) in [7, 11) is 0. The normalized spacial score (nSPS) is 10.2. The molecule has 92 valence electrons. The first-order chi connectivity index (χ1) is 8.24. The fraction of sp³-hybridized carbons (Fsp3) is 0.417. The fourth-order valence-electron chi connectivity index (χ4n) is 1.36. The van der Waals surface area contributed by atoms with Crippen molar-refractivity contribution in [1.82, 2.24) is 0 Å². The van der Waals surface area contributed by atoms with Crippen LogP contribution >= 0.6 is 11.8 Å². The number of nitrogens with zero attached hydrogens (tertiary/aromatic N) is 1. The summed E-state index contributed by atoms with van der Waals surface area (Å²) in [5, 5.41) is 11.5. The third-order valence-electron chi connectivity index (χ3n) is 2.13. The Balaban J connectivity index is 2.44. The number of rotatable bonds is 7. The summed E-state index contributed by atoms with van der Waals surface area (Å²) in [6.07, 6.45) is 2.23. The Morgan fingerprint density at radius 1 is 1.29 bits per heavy atom. The Morgan fingerprint density at radius 2 is 2.06 bits per heavy atom. The zero-order valence-electron chi connectivity index (χ0n) is 9.33. The predicted octanol–water partition coefficient (Wildman–Crippen LogP) is 4.11. The van der Waals surface area contributed by atoms with Crippen LogP contribution in [0.3, 0.4) is 0 Å². The molecule has 0 radical (unpaired) electrons. The van der Waals surface area contributed by atoms with Gasteiger partial charge in [-0.15, -0.1) is 0 Å². The predicted molar refractivity (Wildman–Crippen MR) is 66.3 cm³/mol. The maximum absolute atomic E-state index is 12.3. The number of para-hydroxylation sites is 1. The summed E-state index contributed by atoms with van der Waals surface area (Å²) in [6, 6.07) is 9.09. The van der Waals surface area contributed by atoms with Crippen LogP contribution in [0.1, 0.15) is 19.3 Å². The van der Waals surface area contributed by atoms with Crippen molar-refractivity contribution in [3.8, 4) is 6.07 Å². The van der Waals surface area contributed by atoms with E-state index in [0.29, 0.717) is 29.6 Å². The molecule has 0 aromatic heterocycles. The molecule has 5 heteroatoms. The number of benzene rings is 1. The highest BCUT2D eigenvalue weighted by Crippen LogP contribution is 2.31. The van der Waals surface area contributed by atoms with Crippen LogP contribution in [0.25, 0.3) is 0 Å². The van der Waals surface area contributed by atoms with Gasteiger partial charge in [-0.05, 0) is 25.0 Å². The van der Waals surface area contributed by atoms with E-state index in [0.717, 1.165) is 18.5 Å². The van der Waals surface area contributed by atoms with Gasteiger partial charge in [0.05, 0.1) is 6.07 Å². The molecule has 1 aromatic rings. The Bertz CT molecular complexity index is 377. The highest BCUT2D eigenvalue weighted by molar-refractivity contribution is 7.99. The molecule has 0 saturated carbocycles. The van der Waals surface area contributed by atoms with Crippen molar-refractivity contribution >= 4 is 17.4 Å². The lowest BCUT2D eigenvalue weighted by Gasteiger charge is -2.10. The van der Waals surface area contributed by atoms with Gasteiger partial charge in [-0.25, -0.2) is 0 Å². The number of hydrogen-bond donors (Lipinski definition) is 1. The molecule has 0 aliphatic rings. The second kappa shape index (κ2) is 7.91. The summed E-state index contributed by atoms with van der Waals surface area (Å²) in [6.45, 7) is 0.697. The second-order valence-corrected chi connectivity index (χ2v) is 4.45. The van der Waals surface area contributed by atoms with Crippen molar-refractivity contribution in [1.29, 1.82) is 5.26 Å². The number of nitrogens with one attached hydrogen (secondary N) is 1. The van der Waals surface area contributed by atoms with Crippen LogP contribution in [0.5, 0.6) is 0 Å². The molecular weight excluding hydrogens is 242 g/mol. The van der Waals surface area contributed by atoms with Gasteiger partial charge in [0.25, 0.3) is 5.76 Å². The number of unbranched alkanes of at least 4 members (excludes halogenated alkanes) is 2. The fourth-order valence-corrected chi connectivity index (χ4v) is 1.98. The average Bonchev–Trinajstić information content (AvgIpc) is 2.30. The van der Waals surface area contributed by atoms with Crippen LogP contribution in [0.15, 0.2) is 29.2 Å². The van der Waals surface area contributed by atoms with Gasteiger partial charge in [0.1, 0.15) is 0 Å². The number of halogens is 2. The van der Waals surface area contributed by atoms with Gasteiger partial charge < -0.3 is 5.32 Å². The SMILES string of the molecule is N#CCCCCNc1ccccc1SC(F)F. The lowest BCUT2D eigenvalue weighted by molar-refractivity contribution is 0.252. The Labute approximate surface area is 104 Å². The average molecular weight is 256 g/mol. The molecule has 2 nitrogen and oxygen atoms in total. The monoisotopic (exact) mass is 256 g/mol. The minimum absolute atomic E-state index is 0.537. The number of hydrogen-bond acceptors (Lipinski definition) is 3. The van der Waals surface area contributed by atoms with E-state index in [9.17, 15) is 8.78 Å². The van der Waals surface area contributed by atoms with E-state index in [1.165, 1.54) is 0 Å². The van der Waals surface area contributed by atoms with Crippen molar-refractivity contribution in [2.24, 2.45) is 0 Å². The van der Waals surface area contributed by atoms with Crippen molar-refractivity contribution in [2.75, 3.05) is 11.9 Å². The van der Waals surface area contributed by atoms with E-state index in [-0.39, 0.29) is 0 Å². The van der Waals surface area contributed by atoms with Gasteiger partial charge in [0.15, 0.2) is 0 Å². The van der Waals surface area contributed by atoms with Crippen molar-refractivity contribution in [3.63, 3.8) is 0 Å². The Morgan fingerprint density at radius 3 is 2.76 bits per heavy atom. The molecule has 0 saturated heterocycles. The maximum atomic E-state index is 12.3. The molecule has 0 fully saturated rings. The summed E-state index contributed by atoms with van der Waals surface area (Å²) >= 11 is 0.545. The molecule has 1 aromatic carbocycles. The molecule has 0 bridgehead atoms. The summed E-state index contributed by atoms with van der Waals surface area (Å²) < 4.78 is 24.6. The highest BCUT2D eigenvalue weighted by Gasteiger charge is 2.08. The largest absolute Gasteiger partial charge is 0.384 e. The third kappa shape index (κ3) is 5.55. The van der Waals surface area contributed by atoms with Gasteiger partial charge in [0, 0.05) is 23.5 Å². The maximum Gasteiger partial charge on any atom is 0.288 e. The van der Waals surface area contributed by atoms with Gasteiger partial charge in [0.2, 0.25) is 0 Å². The topological polar surface area (TPSA) is 35.8 Å². The number of thioether (sulfide) groups is 1. The number of anilines is 1. The zero-order chi connectivity index (χ0) is 12.5. The third-order valence-corrected chi connectivity index (χ3v) is 2.92. The summed E-state index contributed by atoms with van der Waals surface area (Å²) in [4.78, 5) is 0.558. The van der Waals surface area contributed by atoms with Crippen molar-refractivity contribution in [3.05, 3.63) is 24.3 Å². The first kappa shape index (κ1) is 13.8. The zero-order valence-corrected chi connectivity index (χ0v) is 10.1. The molecule has 17 heavy (non-hydrogen) atoms. The molecule has 0 unspecified atom stereocenters. The van der Waals surface area contributed by atoms with Crippen LogP contribution in [0, 0.1) is 11.3 Å². The smallest absolute Gasteiger partial charge is 0.288 e. The minimum Gasteiger partial charge on any atom is -0.384 e. The van der Waals surface area contributed by atoms with Crippen LogP contribution in [-0.4, -0.2) is 12.3 Å². The van der Waals surface area contributed by atoms with E-state index < -0.39 is 5.76 Å². The van der Waals surface area contributed by atoms with Gasteiger partial charge in [-0.1, -0.05) is 23.9 Å². The first-order valence-corrected chi connectivity index (χ1v) is 6.26. The Kier molecular flexibility index (Phi) is 6.41. The molecular formula is C12H14F2N2S. The van der Waals surface area contributed by atoms with Crippen LogP contribution in [0.2, 0.25) is 0 Å².